The molecule has 0 saturated heterocycles. The Kier molecular flexibility index (Phi) is 4.21. The first kappa shape index (κ1) is 14.3. The van der Waals surface area contributed by atoms with Gasteiger partial charge in [0.05, 0.1) is 7.11 Å². The number of rotatable bonds is 3. The van der Waals surface area contributed by atoms with E-state index >= 15 is 0 Å². The van der Waals surface area contributed by atoms with Crippen molar-refractivity contribution < 1.29 is 22.7 Å². The van der Waals surface area contributed by atoms with Crippen LogP contribution in [-0.4, -0.2) is 19.2 Å². The fraction of sp³-hybridized carbons (Fsp3) is 0.417. The van der Waals surface area contributed by atoms with Gasteiger partial charge in [0.1, 0.15) is 5.75 Å². The van der Waals surface area contributed by atoms with Crippen LogP contribution in [0, 0.1) is 0 Å². The molecule has 0 bridgehead atoms. The monoisotopic (exact) mass is 261 g/mol. The Morgan fingerprint density at radius 2 is 1.94 bits per heavy atom. The zero-order chi connectivity index (χ0) is 13.9. The van der Waals surface area contributed by atoms with Gasteiger partial charge in [-0.3, -0.25) is 4.79 Å². The van der Waals surface area contributed by atoms with Crippen LogP contribution in [0.25, 0.3) is 0 Å². The molecule has 6 heteroatoms. The molecule has 1 N–H and O–H groups in total. The molecule has 18 heavy (non-hydrogen) atoms. The van der Waals surface area contributed by atoms with E-state index in [4.69, 9.17) is 4.74 Å². The number of alkyl halides is 3. The first-order valence-corrected chi connectivity index (χ1v) is 5.31. The fourth-order valence-corrected chi connectivity index (χ4v) is 1.47. The molecule has 3 nitrogen and oxygen atoms in total. The van der Waals surface area contributed by atoms with Gasteiger partial charge >= 0.3 is 12.1 Å². The van der Waals surface area contributed by atoms with E-state index < -0.39 is 12.1 Å². The molecule has 0 aliphatic heterocycles. The molecule has 0 radical (unpaired) electrons. The van der Waals surface area contributed by atoms with Crippen LogP contribution in [0.5, 0.6) is 5.75 Å². The van der Waals surface area contributed by atoms with Crippen LogP contribution in [0.1, 0.15) is 25.3 Å². The van der Waals surface area contributed by atoms with Crippen LogP contribution in [0.4, 0.5) is 18.9 Å². The number of carbonyl (C=O) groups is 1. The van der Waals surface area contributed by atoms with E-state index in [0.29, 0.717) is 5.75 Å². The SMILES string of the molecule is COc1ccc(NC(=O)C(F)(F)F)cc1C(C)C. The Hall–Kier alpha value is -1.72. The van der Waals surface area contributed by atoms with Gasteiger partial charge in [0.25, 0.3) is 0 Å². The van der Waals surface area contributed by atoms with E-state index in [1.165, 1.54) is 25.3 Å². The highest BCUT2D eigenvalue weighted by atomic mass is 19.4. The molecule has 1 aromatic rings. The predicted octanol–water partition coefficient (Wildman–Crippen LogP) is 3.32. The van der Waals surface area contributed by atoms with Crippen molar-refractivity contribution in [3.05, 3.63) is 23.8 Å². The molecule has 0 aliphatic carbocycles. The number of halogens is 3. The van der Waals surface area contributed by atoms with Crippen LogP contribution in [0.2, 0.25) is 0 Å². The number of hydrogen-bond acceptors (Lipinski definition) is 2. The number of anilines is 1. The van der Waals surface area contributed by atoms with Gasteiger partial charge in [0.2, 0.25) is 0 Å². The molecular weight excluding hydrogens is 247 g/mol. The third-order valence-corrected chi connectivity index (χ3v) is 2.37. The molecule has 100 valence electrons. The normalized spacial score (nSPS) is 11.5. The Balaban J connectivity index is 2.99. The third kappa shape index (κ3) is 3.38. The highest BCUT2D eigenvalue weighted by Gasteiger charge is 2.38. The molecule has 0 heterocycles. The molecule has 1 aromatic carbocycles. The minimum Gasteiger partial charge on any atom is -0.496 e. The van der Waals surface area contributed by atoms with Crippen molar-refractivity contribution >= 4 is 11.6 Å². The summed E-state index contributed by atoms with van der Waals surface area (Å²) >= 11 is 0. The summed E-state index contributed by atoms with van der Waals surface area (Å²) in [7, 11) is 1.48. The van der Waals surface area contributed by atoms with Gasteiger partial charge in [-0.1, -0.05) is 13.8 Å². The molecule has 1 amide bonds. The second-order valence-corrected chi connectivity index (χ2v) is 4.06. The Morgan fingerprint density at radius 1 is 1.33 bits per heavy atom. The van der Waals surface area contributed by atoms with Crippen LogP contribution < -0.4 is 10.1 Å². The third-order valence-electron chi connectivity index (χ3n) is 2.37. The van der Waals surface area contributed by atoms with Gasteiger partial charge in [-0.2, -0.15) is 13.2 Å². The van der Waals surface area contributed by atoms with E-state index in [1.54, 1.807) is 0 Å². The van der Waals surface area contributed by atoms with Crippen molar-refractivity contribution in [3.63, 3.8) is 0 Å². The van der Waals surface area contributed by atoms with Crippen LogP contribution in [0.3, 0.4) is 0 Å². The van der Waals surface area contributed by atoms with Gasteiger partial charge in [-0.15, -0.1) is 0 Å². The maximum absolute atomic E-state index is 12.1. The van der Waals surface area contributed by atoms with Gasteiger partial charge < -0.3 is 10.1 Å². The molecule has 0 saturated carbocycles. The first-order chi connectivity index (χ1) is 8.25. The summed E-state index contributed by atoms with van der Waals surface area (Å²) in [6.07, 6.45) is -4.89. The van der Waals surface area contributed by atoms with E-state index in [9.17, 15) is 18.0 Å². The topological polar surface area (TPSA) is 38.3 Å². The number of carbonyl (C=O) groups excluding carboxylic acids is 1. The Labute approximate surface area is 103 Å². The van der Waals surface area contributed by atoms with Crippen LogP contribution in [-0.2, 0) is 4.79 Å². The predicted molar refractivity (Wildman–Crippen MR) is 61.8 cm³/mol. The first-order valence-electron chi connectivity index (χ1n) is 5.31. The second kappa shape index (κ2) is 5.29. The Morgan fingerprint density at radius 3 is 2.39 bits per heavy atom. The van der Waals surface area contributed by atoms with Crippen LogP contribution in [0.15, 0.2) is 18.2 Å². The van der Waals surface area contributed by atoms with Crippen LogP contribution >= 0.6 is 0 Å². The summed E-state index contributed by atoms with van der Waals surface area (Å²) in [6, 6.07) is 4.38. The fourth-order valence-electron chi connectivity index (χ4n) is 1.47. The summed E-state index contributed by atoms with van der Waals surface area (Å²) in [5.74, 6) is -1.33. The van der Waals surface area contributed by atoms with E-state index in [0.717, 1.165) is 5.56 Å². The molecule has 0 spiro atoms. The smallest absolute Gasteiger partial charge is 0.471 e. The van der Waals surface area contributed by atoms with Crippen molar-refractivity contribution in [1.29, 1.82) is 0 Å². The average molecular weight is 261 g/mol. The summed E-state index contributed by atoms with van der Waals surface area (Å²) in [5.41, 5.74) is 0.833. The summed E-state index contributed by atoms with van der Waals surface area (Å²) < 4.78 is 41.4. The van der Waals surface area contributed by atoms with E-state index in [1.807, 2.05) is 19.2 Å². The summed E-state index contributed by atoms with van der Waals surface area (Å²) in [6.45, 7) is 3.76. The maximum Gasteiger partial charge on any atom is 0.471 e. The molecule has 1 rings (SSSR count). The molecule has 0 aliphatic rings. The van der Waals surface area contributed by atoms with Crippen molar-refractivity contribution in [2.75, 3.05) is 12.4 Å². The number of benzene rings is 1. The largest absolute Gasteiger partial charge is 0.496 e. The van der Waals surface area contributed by atoms with E-state index in [2.05, 4.69) is 0 Å². The quantitative estimate of drug-likeness (QED) is 0.906. The average Bonchev–Trinajstić information content (AvgIpc) is 2.27. The van der Waals surface area contributed by atoms with Gasteiger partial charge in [-0.05, 0) is 29.7 Å². The minimum absolute atomic E-state index is 0.0719. The van der Waals surface area contributed by atoms with Gasteiger partial charge in [0, 0.05) is 5.69 Å². The van der Waals surface area contributed by atoms with Crippen molar-refractivity contribution in [2.24, 2.45) is 0 Å². The zero-order valence-electron chi connectivity index (χ0n) is 10.3. The zero-order valence-corrected chi connectivity index (χ0v) is 10.3. The molecule has 0 unspecified atom stereocenters. The van der Waals surface area contributed by atoms with Gasteiger partial charge in [-0.25, -0.2) is 0 Å². The minimum atomic E-state index is -4.89. The Bertz CT molecular complexity index is 441. The maximum atomic E-state index is 12.1. The van der Waals surface area contributed by atoms with Gasteiger partial charge in [0.15, 0.2) is 0 Å². The number of methoxy groups -OCH3 is 1. The lowest BCUT2D eigenvalue weighted by atomic mass is 10.0. The van der Waals surface area contributed by atoms with Crippen molar-refractivity contribution in [2.45, 2.75) is 25.9 Å². The molecule has 0 atom stereocenters. The lowest BCUT2D eigenvalue weighted by Crippen LogP contribution is -2.29. The van der Waals surface area contributed by atoms with E-state index in [-0.39, 0.29) is 11.6 Å². The van der Waals surface area contributed by atoms with Crippen molar-refractivity contribution in [1.82, 2.24) is 0 Å². The molecule has 0 fully saturated rings. The molecule has 0 aromatic heterocycles. The van der Waals surface area contributed by atoms with Crippen molar-refractivity contribution in [3.8, 4) is 5.75 Å². The standard InChI is InChI=1S/C12H14F3NO2/c1-7(2)9-6-8(4-5-10(9)18-3)16-11(17)12(13,14)15/h4-7H,1-3H3,(H,16,17). The number of hydrogen-bond donors (Lipinski definition) is 1. The lowest BCUT2D eigenvalue weighted by molar-refractivity contribution is -0.167. The number of amides is 1. The molecular formula is C12H14F3NO2. The number of ether oxygens (including phenoxy) is 1. The number of nitrogens with one attached hydrogen (secondary N) is 1. The lowest BCUT2D eigenvalue weighted by Gasteiger charge is -2.14. The highest BCUT2D eigenvalue weighted by molar-refractivity contribution is 5.95. The second-order valence-electron chi connectivity index (χ2n) is 4.06. The summed E-state index contributed by atoms with van der Waals surface area (Å²) in [5, 5.41) is 1.81. The highest BCUT2D eigenvalue weighted by Crippen LogP contribution is 2.29. The summed E-state index contributed by atoms with van der Waals surface area (Å²) in [4.78, 5) is 10.8.